The van der Waals surface area contributed by atoms with E-state index in [-0.39, 0.29) is 5.82 Å². The zero-order valence-electron chi connectivity index (χ0n) is 15.7. The Labute approximate surface area is 166 Å². The fraction of sp³-hybridized carbons (Fsp3) is 0.400. The molecule has 1 unspecified atom stereocenters. The number of benzene rings is 1. The lowest BCUT2D eigenvalue weighted by Gasteiger charge is -2.44. The molecule has 29 heavy (non-hydrogen) atoms. The lowest BCUT2D eigenvalue weighted by molar-refractivity contribution is -0.134. The van der Waals surface area contributed by atoms with Crippen molar-refractivity contribution in [1.82, 2.24) is 15.0 Å². The summed E-state index contributed by atoms with van der Waals surface area (Å²) < 4.78 is 18.6. The molecule has 3 fully saturated rings. The van der Waals surface area contributed by atoms with Crippen molar-refractivity contribution in [3.63, 3.8) is 0 Å². The Morgan fingerprint density at radius 3 is 2.45 bits per heavy atom. The van der Waals surface area contributed by atoms with Crippen molar-refractivity contribution in [2.75, 3.05) is 19.6 Å². The molecule has 0 saturated carbocycles. The van der Waals surface area contributed by atoms with Gasteiger partial charge in [0.15, 0.2) is 0 Å². The molecule has 2 N–H and O–H groups in total. The number of piperidine rings is 3. The van der Waals surface area contributed by atoms with Crippen molar-refractivity contribution in [3.05, 3.63) is 48.1 Å². The highest BCUT2D eigenvalue weighted by atomic mass is 19.1. The molecule has 0 aliphatic carbocycles. The van der Waals surface area contributed by atoms with Crippen LogP contribution in [-0.4, -0.2) is 56.8 Å². The van der Waals surface area contributed by atoms with E-state index in [1.807, 2.05) is 0 Å². The van der Waals surface area contributed by atoms with Gasteiger partial charge in [0.05, 0.1) is 0 Å². The number of carbonyl (C=O) groups is 2. The number of halogens is 1. The van der Waals surface area contributed by atoms with E-state index in [1.165, 1.54) is 38.1 Å². The maximum absolute atomic E-state index is 13.2. The molecule has 9 heteroatoms. The van der Waals surface area contributed by atoms with Crippen molar-refractivity contribution >= 4 is 11.9 Å². The van der Waals surface area contributed by atoms with Gasteiger partial charge in [0.25, 0.3) is 0 Å². The van der Waals surface area contributed by atoms with Crippen molar-refractivity contribution in [1.29, 1.82) is 0 Å². The highest BCUT2D eigenvalue weighted by molar-refractivity contribution is 5.89. The molecule has 154 valence electrons. The fourth-order valence-corrected chi connectivity index (χ4v) is 3.77. The van der Waals surface area contributed by atoms with Crippen LogP contribution in [0.25, 0.3) is 11.4 Å². The highest BCUT2D eigenvalue weighted by Gasteiger charge is 2.35. The monoisotopic (exact) mass is 403 g/mol. The van der Waals surface area contributed by atoms with Gasteiger partial charge >= 0.3 is 11.9 Å². The molecule has 0 radical (unpaired) electrons. The van der Waals surface area contributed by atoms with Crippen LogP contribution in [0.2, 0.25) is 0 Å². The molecule has 2 bridgehead atoms. The fourth-order valence-electron chi connectivity index (χ4n) is 3.77. The molecule has 5 rings (SSSR count). The third-order valence-electron chi connectivity index (χ3n) is 5.15. The molecular weight excluding hydrogens is 381 g/mol. The predicted molar refractivity (Wildman–Crippen MR) is 100 cm³/mol. The molecule has 4 heterocycles. The van der Waals surface area contributed by atoms with Crippen LogP contribution in [-0.2, 0) is 16.0 Å². The largest absolute Gasteiger partial charge is 0.478 e. The van der Waals surface area contributed by atoms with Crippen LogP contribution in [0.5, 0.6) is 0 Å². The summed E-state index contributed by atoms with van der Waals surface area (Å²) in [6, 6.07) is 6.31. The first-order valence-electron chi connectivity index (χ1n) is 9.35. The number of fused-ring (bicyclic) bond motifs is 3. The van der Waals surface area contributed by atoms with E-state index >= 15 is 0 Å². The van der Waals surface area contributed by atoms with Gasteiger partial charge in [-0.2, -0.15) is 4.98 Å². The summed E-state index contributed by atoms with van der Waals surface area (Å²) in [5, 5.41) is 19.6. The Bertz CT molecular complexity index is 874. The lowest BCUT2D eigenvalue weighted by Crippen LogP contribution is -2.48. The number of aromatic nitrogens is 2. The van der Waals surface area contributed by atoms with Crippen LogP contribution in [0.1, 0.15) is 18.7 Å². The van der Waals surface area contributed by atoms with Gasteiger partial charge in [0.2, 0.25) is 11.7 Å². The molecule has 0 spiro atoms. The minimum Gasteiger partial charge on any atom is -0.478 e. The number of aliphatic carboxylic acids is 2. The van der Waals surface area contributed by atoms with E-state index in [0.717, 1.165) is 18.9 Å². The zero-order valence-corrected chi connectivity index (χ0v) is 15.7. The summed E-state index contributed by atoms with van der Waals surface area (Å²) in [6.07, 6.45) is 4.53. The highest BCUT2D eigenvalue weighted by Crippen LogP contribution is 2.34. The Morgan fingerprint density at radius 1 is 1.21 bits per heavy atom. The Kier molecular flexibility index (Phi) is 6.71. The van der Waals surface area contributed by atoms with Crippen LogP contribution >= 0.6 is 0 Å². The molecule has 3 aliphatic heterocycles. The van der Waals surface area contributed by atoms with Gasteiger partial charge < -0.3 is 19.6 Å². The van der Waals surface area contributed by atoms with Crippen LogP contribution in [0.4, 0.5) is 4.39 Å². The van der Waals surface area contributed by atoms with Gasteiger partial charge in [-0.15, -0.1) is 0 Å². The minimum atomic E-state index is -1.26. The normalized spacial score (nSPS) is 22.9. The van der Waals surface area contributed by atoms with Gasteiger partial charge in [0, 0.05) is 30.7 Å². The second-order valence-corrected chi connectivity index (χ2v) is 7.13. The SMILES string of the molecule is Fc1cccc(-c2noc(CC3CN4CCC3CC4)n2)c1.O=C(O)/C=C/C(=O)O. The summed E-state index contributed by atoms with van der Waals surface area (Å²) in [4.78, 5) is 26.1. The summed E-state index contributed by atoms with van der Waals surface area (Å²) in [7, 11) is 0. The van der Waals surface area contributed by atoms with Crippen molar-refractivity contribution in [2.45, 2.75) is 19.3 Å². The maximum Gasteiger partial charge on any atom is 0.328 e. The molecule has 2 aromatic rings. The van der Waals surface area contributed by atoms with Crippen molar-refractivity contribution in [3.8, 4) is 11.4 Å². The van der Waals surface area contributed by atoms with Crippen molar-refractivity contribution < 1.29 is 28.7 Å². The van der Waals surface area contributed by atoms with Gasteiger partial charge in [-0.25, -0.2) is 14.0 Å². The standard InChI is InChI=1S/C16H18FN3O.C4H4O4/c17-14-3-1-2-12(8-14)16-18-15(21-19-16)9-13-10-20-6-4-11(13)5-7-20;5-3(6)1-2-4(7)8/h1-3,8,11,13H,4-7,9-10H2;1-2H,(H,5,6)(H,7,8)/b;2-1+. The molecule has 1 atom stereocenters. The number of nitrogens with zero attached hydrogens (tertiary/aromatic N) is 3. The average molecular weight is 403 g/mol. The van der Waals surface area contributed by atoms with E-state index in [9.17, 15) is 14.0 Å². The van der Waals surface area contributed by atoms with E-state index in [0.29, 0.717) is 35.3 Å². The van der Waals surface area contributed by atoms with Gasteiger partial charge in [-0.3, -0.25) is 0 Å². The third-order valence-corrected chi connectivity index (χ3v) is 5.15. The number of hydrogen-bond donors (Lipinski definition) is 2. The first-order valence-corrected chi connectivity index (χ1v) is 9.35. The average Bonchev–Trinajstić information content (AvgIpc) is 3.16. The summed E-state index contributed by atoms with van der Waals surface area (Å²) in [5.41, 5.74) is 0.666. The molecule has 3 saturated heterocycles. The van der Waals surface area contributed by atoms with E-state index in [2.05, 4.69) is 15.0 Å². The molecule has 1 aromatic heterocycles. The summed E-state index contributed by atoms with van der Waals surface area (Å²) in [5.74, 6) is -0.234. The number of carboxylic acids is 2. The zero-order chi connectivity index (χ0) is 20.8. The molecule has 0 amide bonds. The number of hydrogen-bond acceptors (Lipinski definition) is 6. The van der Waals surface area contributed by atoms with E-state index < -0.39 is 11.9 Å². The van der Waals surface area contributed by atoms with Gasteiger partial charge in [-0.1, -0.05) is 17.3 Å². The van der Waals surface area contributed by atoms with Gasteiger partial charge in [-0.05, 0) is 49.9 Å². The molecule has 8 nitrogen and oxygen atoms in total. The maximum atomic E-state index is 13.2. The lowest BCUT2D eigenvalue weighted by atomic mass is 9.77. The smallest absolute Gasteiger partial charge is 0.328 e. The third kappa shape index (κ3) is 5.95. The van der Waals surface area contributed by atoms with Crippen molar-refractivity contribution in [2.24, 2.45) is 11.8 Å². The first-order chi connectivity index (χ1) is 13.9. The number of rotatable bonds is 5. The molecule has 3 aliphatic rings. The number of carboxylic acid groups (broad SMARTS) is 2. The topological polar surface area (TPSA) is 117 Å². The van der Waals surface area contributed by atoms with Crippen LogP contribution in [0.15, 0.2) is 40.9 Å². The van der Waals surface area contributed by atoms with Crippen LogP contribution in [0, 0.1) is 17.7 Å². The Morgan fingerprint density at radius 2 is 1.90 bits per heavy atom. The predicted octanol–water partition coefficient (Wildman–Crippen LogP) is 2.47. The Hall–Kier alpha value is -3.07. The summed E-state index contributed by atoms with van der Waals surface area (Å²) in [6.45, 7) is 3.61. The first kappa shape index (κ1) is 20.7. The minimum absolute atomic E-state index is 0.281. The van der Waals surface area contributed by atoms with Crippen LogP contribution in [0.3, 0.4) is 0 Å². The van der Waals surface area contributed by atoms with E-state index in [4.69, 9.17) is 14.7 Å². The second kappa shape index (κ2) is 9.42. The quantitative estimate of drug-likeness (QED) is 0.732. The second-order valence-electron chi connectivity index (χ2n) is 7.13. The summed E-state index contributed by atoms with van der Waals surface area (Å²) >= 11 is 0. The Balaban J connectivity index is 0.000000258. The van der Waals surface area contributed by atoms with E-state index in [1.54, 1.807) is 12.1 Å². The van der Waals surface area contributed by atoms with Crippen LogP contribution < -0.4 is 0 Å². The van der Waals surface area contributed by atoms with Gasteiger partial charge in [0.1, 0.15) is 5.82 Å². The molecular formula is C20H22FN3O5. The molecule has 1 aromatic carbocycles.